The van der Waals surface area contributed by atoms with Crippen LogP contribution in [0.2, 0.25) is 0 Å². The highest BCUT2D eigenvalue weighted by molar-refractivity contribution is 6.13. The van der Waals surface area contributed by atoms with Crippen LogP contribution in [0.5, 0.6) is 0 Å². The summed E-state index contributed by atoms with van der Waals surface area (Å²) in [7, 11) is 0. The summed E-state index contributed by atoms with van der Waals surface area (Å²) in [4.78, 5) is 0. The Balaban J connectivity index is 0. The Morgan fingerprint density at radius 3 is 1.75 bits per heavy atom. The van der Waals surface area contributed by atoms with Crippen LogP contribution >= 0.6 is 0 Å². The van der Waals surface area contributed by atoms with Gasteiger partial charge in [-0.15, -0.1) is 0 Å². The molecule has 0 heterocycles. The van der Waals surface area contributed by atoms with Crippen LogP contribution < -0.4 is 0 Å². The van der Waals surface area contributed by atoms with Gasteiger partial charge in [-0.2, -0.15) is 0 Å². The molecular weight excluding hydrogens is 103 g/mol. The van der Waals surface area contributed by atoms with Crippen molar-refractivity contribution in [3.05, 3.63) is 24.8 Å². The van der Waals surface area contributed by atoms with Gasteiger partial charge in [-0.3, -0.25) is 0 Å². The van der Waals surface area contributed by atoms with E-state index in [9.17, 15) is 0 Å². The summed E-state index contributed by atoms with van der Waals surface area (Å²) in [5, 5.41) is 14.0. The number of hydrogen-bond donors (Lipinski definition) is 2. The molecule has 0 aromatic heterocycles. The van der Waals surface area contributed by atoms with Gasteiger partial charge in [0.15, 0.2) is 0 Å². The number of rotatable bonds is 1. The lowest BCUT2D eigenvalue weighted by molar-refractivity contribution is 0.448. The first-order valence-electron chi connectivity index (χ1n) is 2.07. The molecule has 1 radical (unpaired) electrons. The van der Waals surface area contributed by atoms with Crippen LogP contribution in [0.15, 0.2) is 24.8 Å². The molecule has 0 aromatic carbocycles. The largest absolute Gasteiger partial charge is 0.482 e. The van der Waals surface area contributed by atoms with Crippen molar-refractivity contribution in [1.82, 2.24) is 0 Å². The lowest BCUT2D eigenvalue weighted by Gasteiger charge is -1.71. The van der Waals surface area contributed by atoms with E-state index in [1.54, 1.807) is 6.08 Å². The van der Waals surface area contributed by atoms with E-state index in [-0.39, 0.29) is 7.69 Å². The first-order valence-corrected chi connectivity index (χ1v) is 2.07. The molecule has 0 aliphatic heterocycles. The van der Waals surface area contributed by atoms with E-state index in [4.69, 9.17) is 10.0 Å². The molecule has 0 aromatic rings. The zero-order valence-electron chi connectivity index (χ0n) is 4.96. The molecule has 8 heavy (non-hydrogen) atoms. The van der Waals surface area contributed by atoms with Gasteiger partial charge in [0.2, 0.25) is 0 Å². The summed E-state index contributed by atoms with van der Waals surface area (Å²) in [6.45, 7) is 8.93. The zero-order valence-corrected chi connectivity index (χ0v) is 4.96. The van der Waals surface area contributed by atoms with Gasteiger partial charge < -0.3 is 10.0 Å². The monoisotopic (exact) mass is 113 g/mol. The smallest absolute Gasteiger partial charge is 0.429 e. The van der Waals surface area contributed by atoms with E-state index in [2.05, 4.69) is 13.2 Å². The molecule has 0 saturated heterocycles. The van der Waals surface area contributed by atoms with E-state index in [1.165, 1.54) is 0 Å². The summed E-state index contributed by atoms with van der Waals surface area (Å²) >= 11 is 0. The average Bonchev–Trinajstić information content (AvgIpc) is 1.69. The first-order chi connectivity index (χ1) is 3.68. The second-order valence-corrected chi connectivity index (χ2v) is 1.17. The molecule has 0 bridgehead atoms. The van der Waals surface area contributed by atoms with Gasteiger partial charge in [0.05, 0.1) is 0 Å². The maximum absolute atomic E-state index is 7.00. The number of allylic oxidation sites excluding steroid dienone is 2. The van der Waals surface area contributed by atoms with Gasteiger partial charge in [-0.1, -0.05) is 24.8 Å². The zero-order chi connectivity index (χ0) is 6.99. The summed E-state index contributed by atoms with van der Waals surface area (Å²) in [5.74, 6) is 0. The molecule has 0 fully saturated rings. The van der Waals surface area contributed by atoms with Crippen molar-refractivity contribution in [1.29, 1.82) is 0 Å². The van der Waals surface area contributed by atoms with Gasteiger partial charge in [0.25, 0.3) is 0 Å². The maximum atomic E-state index is 7.00. The lowest BCUT2D eigenvalue weighted by atomic mass is 10.4. The summed E-state index contributed by atoms with van der Waals surface area (Å²) in [6.07, 6.45) is 1.72. The second kappa shape index (κ2) is 9.69. The van der Waals surface area contributed by atoms with Crippen molar-refractivity contribution >= 4 is 7.69 Å². The highest BCUT2D eigenvalue weighted by Crippen LogP contribution is 1.81. The molecule has 3 heteroatoms. The third kappa shape index (κ3) is 50.8. The van der Waals surface area contributed by atoms with E-state index >= 15 is 0 Å². The van der Waals surface area contributed by atoms with Gasteiger partial charge in [0.1, 0.15) is 0 Å². The van der Waals surface area contributed by atoms with Crippen LogP contribution in [0.4, 0.5) is 0 Å². The first kappa shape index (κ1) is 10.4. The predicted octanol–water partition coefficient (Wildman–Crippen LogP) is 0.254. The molecule has 0 rings (SSSR count). The predicted molar refractivity (Wildman–Crippen MR) is 35.2 cm³/mol. The minimum absolute atomic E-state index is 0. The van der Waals surface area contributed by atoms with Crippen LogP contribution in [-0.2, 0) is 0 Å². The SMILES string of the molecule is C=CC(=C)C.O[B]O. The highest BCUT2D eigenvalue weighted by Gasteiger charge is 1.59. The van der Waals surface area contributed by atoms with Gasteiger partial charge in [-0.05, 0) is 6.92 Å². The minimum Gasteiger partial charge on any atom is -0.429 e. The third-order valence-electron chi connectivity index (χ3n) is 0.348. The molecule has 0 aliphatic rings. The minimum atomic E-state index is 0. The lowest BCUT2D eigenvalue weighted by Crippen LogP contribution is -1.75. The van der Waals surface area contributed by atoms with Crippen molar-refractivity contribution in [3.8, 4) is 0 Å². The molecule has 0 aliphatic carbocycles. The van der Waals surface area contributed by atoms with Crippen molar-refractivity contribution in [2.24, 2.45) is 0 Å². The highest BCUT2D eigenvalue weighted by atomic mass is 16.4. The van der Waals surface area contributed by atoms with Gasteiger partial charge in [0, 0.05) is 0 Å². The Kier molecular flexibility index (Phi) is 12.6. The fraction of sp³-hybridized carbons (Fsp3) is 0.200. The van der Waals surface area contributed by atoms with Crippen LogP contribution in [0, 0.1) is 0 Å². The molecule has 0 unspecified atom stereocenters. The maximum Gasteiger partial charge on any atom is 0.482 e. The summed E-state index contributed by atoms with van der Waals surface area (Å²) < 4.78 is 0. The summed E-state index contributed by atoms with van der Waals surface area (Å²) in [6, 6.07) is 0. The van der Waals surface area contributed by atoms with Crippen LogP contribution in [0.3, 0.4) is 0 Å². The van der Waals surface area contributed by atoms with Crippen molar-refractivity contribution in [2.75, 3.05) is 0 Å². The molecule has 0 spiro atoms. The molecule has 0 saturated carbocycles. The molecule has 0 atom stereocenters. The Morgan fingerprint density at radius 2 is 1.75 bits per heavy atom. The molecule has 2 nitrogen and oxygen atoms in total. The van der Waals surface area contributed by atoms with E-state index in [0.29, 0.717) is 0 Å². The standard InChI is InChI=1S/C5H8.BH2O2/c1-4-5(2)3;2-1-3/h4H,1-2H2,3H3;2-3H. The van der Waals surface area contributed by atoms with Crippen molar-refractivity contribution < 1.29 is 10.0 Å². The normalized spacial score (nSPS) is 5.88. The van der Waals surface area contributed by atoms with Crippen molar-refractivity contribution in [2.45, 2.75) is 6.92 Å². The second-order valence-electron chi connectivity index (χ2n) is 1.17. The Labute approximate surface area is 50.5 Å². The topological polar surface area (TPSA) is 40.5 Å². The third-order valence-corrected chi connectivity index (χ3v) is 0.348. The Hall–Kier alpha value is -0.535. The summed E-state index contributed by atoms with van der Waals surface area (Å²) in [5.41, 5.74) is 1.02. The average molecular weight is 113 g/mol. The van der Waals surface area contributed by atoms with Gasteiger partial charge in [-0.25, -0.2) is 0 Å². The van der Waals surface area contributed by atoms with E-state index < -0.39 is 0 Å². The quantitative estimate of drug-likeness (QED) is 0.378. The number of hydrogen-bond acceptors (Lipinski definition) is 2. The van der Waals surface area contributed by atoms with Crippen LogP contribution in [0.25, 0.3) is 0 Å². The molecule has 0 amide bonds. The molecule has 2 N–H and O–H groups in total. The Bertz CT molecular complexity index is 70.8. The van der Waals surface area contributed by atoms with Crippen LogP contribution in [0.1, 0.15) is 6.92 Å². The Morgan fingerprint density at radius 1 is 1.62 bits per heavy atom. The van der Waals surface area contributed by atoms with Crippen molar-refractivity contribution in [3.63, 3.8) is 0 Å². The fourth-order valence-corrected chi connectivity index (χ4v) is 0. The van der Waals surface area contributed by atoms with Gasteiger partial charge >= 0.3 is 7.69 Å². The fourth-order valence-electron chi connectivity index (χ4n) is 0. The molecular formula is C5H10BO2. The van der Waals surface area contributed by atoms with E-state index in [1.807, 2.05) is 6.92 Å². The van der Waals surface area contributed by atoms with E-state index in [0.717, 1.165) is 5.57 Å². The molecule has 45 valence electrons. The van der Waals surface area contributed by atoms with Crippen LogP contribution in [-0.4, -0.2) is 17.7 Å².